The third-order valence-electron chi connectivity index (χ3n) is 1.42. The monoisotopic (exact) mass is 147 g/mol. The van der Waals surface area contributed by atoms with E-state index in [4.69, 9.17) is 4.17 Å². The summed E-state index contributed by atoms with van der Waals surface area (Å²) < 4.78 is 20.6. The van der Waals surface area contributed by atoms with Crippen molar-refractivity contribution < 1.29 is 12.9 Å². The van der Waals surface area contributed by atoms with Gasteiger partial charge in [0.25, 0.3) is 1.43 Å². The van der Waals surface area contributed by atoms with Gasteiger partial charge in [0, 0.05) is 0 Å². The first-order chi connectivity index (χ1) is 6.13. The van der Waals surface area contributed by atoms with Crippen LogP contribution in [0.4, 0.5) is 0 Å². The smallest absolute Gasteiger partial charge is 0.251 e. The quantitative estimate of drug-likeness (QED) is 0.355. The second-order valence-electron chi connectivity index (χ2n) is 2.41. The standard InChI is InChI=1S/C8H16O2/c1-4-5-6-8(10-9)7(2)3/h8-9H,2,4-6H2,1,3H3/i2D2/hD. The van der Waals surface area contributed by atoms with Crippen LogP contribution in [0.15, 0.2) is 12.1 Å². The van der Waals surface area contributed by atoms with Gasteiger partial charge in [0.1, 0.15) is 6.10 Å². The summed E-state index contributed by atoms with van der Waals surface area (Å²) in [6, 6.07) is 0. The van der Waals surface area contributed by atoms with Crippen LogP contribution in [0.3, 0.4) is 0 Å². The number of hydrogen-bond acceptors (Lipinski definition) is 2. The maximum atomic E-state index is 7.08. The lowest BCUT2D eigenvalue weighted by atomic mass is 10.1. The van der Waals surface area contributed by atoms with Gasteiger partial charge in [-0.3, -0.25) is 5.26 Å². The maximum absolute atomic E-state index is 7.08. The highest BCUT2D eigenvalue weighted by Gasteiger charge is 2.07. The summed E-state index contributed by atoms with van der Waals surface area (Å²) in [6.07, 6.45) is 2.19. The molecule has 10 heavy (non-hydrogen) atoms. The summed E-state index contributed by atoms with van der Waals surface area (Å²) >= 11 is 0. The number of hydrogen-bond donors (Lipinski definition) is 1. The zero-order valence-electron chi connectivity index (χ0n) is 9.52. The number of unbranched alkanes of at least 4 members (excludes halogenated alkanes) is 1. The van der Waals surface area contributed by atoms with Gasteiger partial charge in [-0.05, 0) is 18.9 Å². The van der Waals surface area contributed by atoms with Gasteiger partial charge in [0.05, 0.1) is 2.74 Å². The molecule has 2 nitrogen and oxygen atoms in total. The molecule has 0 bridgehead atoms. The molecule has 2 heteroatoms. The SMILES string of the molecule is [2H]OOC(CCCC)C(C)=C([2H])[2H]. The van der Waals surface area contributed by atoms with Gasteiger partial charge in [-0.1, -0.05) is 26.3 Å². The van der Waals surface area contributed by atoms with E-state index in [1.807, 2.05) is 6.92 Å². The highest BCUT2D eigenvalue weighted by molar-refractivity contribution is 4.96. The van der Waals surface area contributed by atoms with Crippen LogP contribution >= 0.6 is 0 Å². The van der Waals surface area contributed by atoms with E-state index in [2.05, 4.69) is 10.1 Å². The fourth-order valence-corrected chi connectivity index (χ4v) is 0.726. The van der Waals surface area contributed by atoms with Crippen molar-refractivity contribution in [3.63, 3.8) is 0 Å². The predicted molar refractivity (Wildman–Crippen MR) is 41.8 cm³/mol. The minimum atomic E-state index is -0.428. The van der Waals surface area contributed by atoms with Crippen LogP contribution < -0.4 is 0 Å². The molecule has 0 saturated heterocycles. The van der Waals surface area contributed by atoms with E-state index in [1.165, 1.54) is 0 Å². The van der Waals surface area contributed by atoms with Crippen molar-refractivity contribution in [1.29, 1.82) is 1.43 Å². The Bertz CT molecular complexity index is 167. The summed E-state index contributed by atoms with van der Waals surface area (Å²) in [7, 11) is 0. The van der Waals surface area contributed by atoms with Gasteiger partial charge >= 0.3 is 0 Å². The lowest BCUT2D eigenvalue weighted by Gasteiger charge is -2.11. The summed E-state index contributed by atoms with van der Waals surface area (Å²) in [6.45, 7) is 3.42. The van der Waals surface area contributed by atoms with Crippen molar-refractivity contribution >= 4 is 0 Å². The molecule has 0 aliphatic rings. The van der Waals surface area contributed by atoms with Crippen LogP contribution in [0.25, 0.3) is 1.43 Å². The summed E-state index contributed by atoms with van der Waals surface area (Å²) in [5.74, 6) is 0. The topological polar surface area (TPSA) is 29.5 Å². The van der Waals surface area contributed by atoms with Gasteiger partial charge in [-0.15, -0.1) is 0 Å². The summed E-state index contributed by atoms with van der Waals surface area (Å²) in [4.78, 5) is 4.64. The van der Waals surface area contributed by atoms with Crippen molar-refractivity contribution in [3.05, 3.63) is 12.1 Å². The third kappa shape index (κ3) is 3.64. The van der Waals surface area contributed by atoms with E-state index in [0.29, 0.717) is 12.0 Å². The molecule has 0 aromatic heterocycles. The molecule has 1 unspecified atom stereocenters. The lowest BCUT2D eigenvalue weighted by Crippen LogP contribution is -2.11. The van der Waals surface area contributed by atoms with Crippen LogP contribution in [-0.2, 0) is 4.89 Å². The van der Waals surface area contributed by atoms with E-state index in [9.17, 15) is 0 Å². The zero-order valence-corrected chi connectivity index (χ0v) is 6.52. The molecule has 0 radical (unpaired) electrons. The maximum Gasteiger partial charge on any atom is 0.255 e. The molecule has 0 aliphatic heterocycles. The second kappa shape index (κ2) is 5.45. The van der Waals surface area contributed by atoms with Crippen LogP contribution in [0, 0.1) is 0 Å². The molecule has 0 spiro atoms. The number of rotatable bonds is 6. The Morgan fingerprint density at radius 1 is 2.00 bits per heavy atom. The molecule has 0 saturated carbocycles. The van der Waals surface area contributed by atoms with Gasteiger partial charge in [0.15, 0.2) is 0 Å². The van der Waals surface area contributed by atoms with Crippen molar-refractivity contribution in [1.82, 2.24) is 0 Å². The molecular weight excluding hydrogens is 128 g/mol. The molecule has 1 atom stereocenters. The average molecular weight is 147 g/mol. The lowest BCUT2D eigenvalue weighted by molar-refractivity contribution is -0.269. The first kappa shape index (κ1) is 5.33. The van der Waals surface area contributed by atoms with Crippen LogP contribution in [0.1, 0.15) is 35.9 Å². The fraction of sp³-hybridized carbons (Fsp3) is 0.750. The normalized spacial score (nSPS) is 16.8. The van der Waals surface area contributed by atoms with E-state index in [-0.39, 0.29) is 6.53 Å². The van der Waals surface area contributed by atoms with Crippen molar-refractivity contribution in [3.8, 4) is 0 Å². The van der Waals surface area contributed by atoms with E-state index in [0.717, 1.165) is 12.8 Å². The van der Waals surface area contributed by atoms with Crippen LogP contribution in [0.2, 0.25) is 0 Å². The molecule has 0 heterocycles. The van der Waals surface area contributed by atoms with Gasteiger partial charge in [0.2, 0.25) is 0 Å². The molecule has 0 aromatic carbocycles. The summed E-state index contributed by atoms with van der Waals surface area (Å²) in [5, 5.41) is 3.82. The highest BCUT2D eigenvalue weighted by atomic mass is 17.1. The first-order valence-electron chi connectivity index (χ1n) is 4.96. The van der Waals surface area contributed by atoms with Crippen molar-refractivity contribution in [2.45, 2.75) is 39.2 Å². The Morgan fingerprint density at radius 2 is 2.80 bits per heavy atom. The average Bonchev–Trinajstić information content (AvgIpc) is 2.11. The van der Waals surface area contributed by atoms with Gasteiger partial charge < -0.3 is 0 Å². The van der Waals surface area contributed by atoms with Crippen LogP contribution in [-0.4, -0.2) is 11.4 Å². The minimum Gasteiger partial charge on any atom is -0.251 e. The Hall–Kier alpha value is -0.340. The Morgan fingerprint density at radius 3 is 3.30 bits per heavy atom. The van der Waals surface area contributed by atoms with Gasteiger partial charge in [-0.25, -0.2) is 4.89 Å². The van der Waals surface area contributed by atoms with Crippen molar-refractivity contribution in [2.75, 3.05) is 0 Å². The van der Waals surface area contributed by atoms with Gasteiger partial charge in [-0.2, -0.15) is 0 Å². The Kier molecular flexibility index (Phi) is 2.90. The van der Waals surface area contributed by atoms with E-state index >= 15 is 0 Å². The molecule has 0 fully saturated rings. The molecule has 0 aromatic rings. The Labute approximate surface area is 66.7 Å². The first-order valence-corrected chi connectivity index (χ1v) is 3.56. The molecule has 0 amide bonds. The summed E-state index contributed by atoms with van der Waals surface area (Å²) in [5.41, 5.74) is 0.501. The van der Waals surface area contributed by atoms with E-state index in [1.54, 1.807) is 6.92 Å². The molecule has 0 aliphatic carbocycles. The molecule has 0 rings (SSSR count). The predicted octanol–water partition coefficient (Wildman–Crippen LogP) is 2.61. The minimum absolute atomic E-state index is 0.266. The zero-order chi connectivity index (χ0) is 10.3. The molecular formula is C8H16O2. The second-order valence-corrected chi connectivity index (χ2v) is 2.41. The third-order valence-corrected chi connectivity index (χ3v) is 1.42. The van der Waals surface area contributed by atoms with Crippen molar-refractivity contribution in [2.24, 2.45) is 0 Å². The largest absolute Gasteiger partial charge is 0.255 e. The molecule has 60 valence electrons. The van der Waals surface area contributed by atoms with Crippen LogP contribution in [0.5, 0.6) is 0 Å². The highest BCUT2D eigenvalue weighted by Crippen LogP contribution is 2.10. The molecule has 1 N–H and O–H groups in total. The van der Waals surface area contributed by atoms with E-state index < -0.39 is 6.10 Å². The fourth-order valence-electron chi connectivity index (χ4n) is 0.726. The Balaban J connectivity index is 4.15.